The molecule has 178 valence electrons. The number of morpholine rings is 1. The Balaban J connectivity index is 1.32. The molecule has 0 aliphatic carbocycles. The lowest BCUT2D eigenvalue weighted by atomic mass is 9.97. The lowest BCUT2D eigenvalue weighted by Gasteiger charge is -2.31. The molecule has 0 saturated carbocycles. The van der Waals surface area contributed by atoms with Gasteiger partial charge in [-0.05, 0) is 48.9 Å². The topological polar surface area (TPSA) is 75.9 Å². The first-order valence-electron chi connectivity index (χ1n) is 11.5. The van der Waals surface area contributed by atoms with Crippen molar-refractivity contribution in [2.45, 2.75) is 25.7 Å². The summed E-state index contributed by atoms with van der Waals surface area (Å²) in [5.41, 5.74) is 2.20. The number of rotatable bonds is 4. The lowest BCUT2D eigenvalue weighted by Crippen LogP contribution is -2.40. The molecule has 2 aliphatic heterocycles. The van der Waals surface area contributed by atoms with E-state index in [-0.39, 0.29) is 29.3 Å². The number of halogens is 1. The average molecular weight is 484 g/mol. The van der Waals surface area contributed by atoms with Crippen LogP contribution in [0.3, 0.4) is 0 Å². The van der Waals surface area contributed by atoms with E-state index in [4.69, 9.17) is 9.15 Å². The van der Waals surface area contributed by atoms with Crippen molar-refractivity contribution in [3.8, 4) is 11.1 Å². The van der Waals surface area contributed by atoms with Crippen molar-refractivity contribution in [2.75, 3.05) is 39.4 Å². The van der Waals surface area contributed by atoms with Gasteiger partial charge in [0.1, 0.15) is 5.82 Å². The summed E-state index contributed by atoms with van der Waals surface area (Å²) >= 11 is 1.39. The number of piperidine rings is 1. The Kier molecular flexibility index (Phi) is 6.47. The second-order valence-corrected chi connectivity index (χ2v) is 9.55. The second-order valence-electron chi connectivity index (χ2n) is 8.63. The fourth-order valence-corrected chi connectivity index (χ4v) is 5.42. The average Bonchev–Trinajstić information content (AvgIpc) is 3.51. The van der Waals surface area contributed by atoms with Crippen molar-refractivity contribution in [2.24, 2.45) is 0 Å². The van der Waals surface area contributed by atoms with Crippen LogP contribution in [-0.2, 0) is 4.74 Å². The number of hydrogen-bond acceptors (Lipinski definition) is 6. The number of oxazole rings is 1. The Morgan fingerprint density at radius 2 is 1.82 bits per heavy atom. The molecule has 0 bridgehead atoms. The molecule has 2 amide bonds. The van der Waals surface area contributed by atoms with Gasteiger partial charge in [-0.1, -0.05) is 12.1 Å². The molecule has 9 heteroatoms. The fraction of sp³-hybridized carbons (Fsp3) is 0.400. The molecule has 7 nitrogen and oxygen atoms in total. The van der Waals surface area contributed by atoms with Crippen molar-refractivity contribution in [1.82, 2.24) is 14.8 Å². The minimum atomic E-state index is -0.307. The van der Waals surface area contributed by atoms with Crippen LogP contribution in [-0.4, -0.2) is 66.0 Å². The van der Waals surface area contributed by atoms with Crippen LogP contribution in [0.4, 0.5) is 4.39 Å². The smallest absolute Gasteiger partial charge is 0.291 e. The van der Waals surface area contributed by atoms with Gasteiger partial charge in [0.15, 0.2) is 5.89 Å². The van der Waals surface area contributed by atoms with E-state index in [1.54, 1.807) is 24.0 Å². The van der Waals surface area contributed by atoms with Gasteiger partial charge < -0.3 is 19.0 Å². The monoisotopic (exact) mass is 483 g/mol. The number of ether oxygens (including phenoxy) is 1. The zero-order valence-electron chi connectivity index (χ0n) is 19.0. The Bertz CT molecular complexity index is 1180. The number of nitrogens with zero attached hydrogens (tertiary/aromatic N) is 3. The number of carbonyl (C=O) groups excluding carboxylic acids is 2. The number of thiophene rings is 1. The highest BCUT2D eigenvalue weighted by Crippen LogP contribution is 2.33. The summed E-state index contributed by atoms with van der Waals surface area (Å²) < 4.78 is 24.7. The SMILES string of the molecule is Cc1nc(C2CCCN(C(=O)c3sccc3-c3ccc(F)cc3)C2)oc1C(=O)N1CCOCC1. The van der Waals surface area contributed by atoms with Crippen LogP contribution in [0.25, 0.3) is 11.1 Å². The Hall–Kier alpha value is -3.04. The van der Waals surface area contributed by atoms with Crippen molar-refractivity contribution < 1.29 is 23.1 Å². The molecule has 2 fully saturated rings. The molecule has 1 atom stereocenters. The van der Waals surface area contributed by atoms with E-state index in [9.17, 15) is 14.0 Å². The maximum absolute atomic E-state index is 13.4. The van der Waals surface area contributed by atoms with Crippen LogP contribution < -0.4 is 0 Å². The van der Waals surface area contributed by atoms with Crippen LogP contribution in [0.1, 0.15) is 50.6 Å². The summed E-state index contributed by atoms with van der Waals surface area (Å²) in [4.78, 5) is 35.1. The highest BCUT2D eigenvalue weighted by atomic mass is 32.1. The number of hydrogen-bond donors (Lipinski definition) is 0. The minimum absolute atomic E-state index is 0.0491. The van der Waals surface area contributed by atoms with Gasteiger partial charge >= 0.3 is 0 Å². The van der Waals surface area contributed by atoms with Crippen LogP contribution in [0.5, 0.6) is 0 Å². The third-order valence-corrected chi connectivity index (χ3v) is 7.28. The zero-order valence-corrected chi connectivity index (χ0v) is 19.8. The summed E-state index contributed by atoms with van der Waals surface area (Å²) in [6.07, 6.45) is 1.66. The molecule has 2 aliphatic rings. The molecule has 0 N–H and O–H groups in total. The first kappa shape index (κ1) is 22.7. The van der Waals surface area contributed by atoms with Gasteiger partial charge in [0.05, 0.1) is 29.7 Å². The molecule has 2 saturated heterocycles. The Labute approximate surface area is 201 Å². The van der Waals surface area contributed by atoms with Crippen molar-refractivity contribution >= 4 is 23.2 Å². The normalized spacial score (nSPS) is 18.8. The molecular formula is C25H26FN3O4S. The van der Waals surface area contributed by atoms with E-state index < -0.39 is 0 Å². The molecule has 1 unspecified atom stereocenters. The predicted octanol–water partition coefficient (Wildman–Crippen LogP) is 4.34. The number of aryl methyl sites for hydroxylation is 1. The lowest BCUT2D eigenvalue weighted by molar-refractivity contribution is 0.0280. The maximum Gasteiger partial charge on any atom is 0.291 e. The summed E-state index contributed by atoms with van der Waals surface area (Å²) in [7, 11) is 0. The van der Waals surface area contributed by atoms with E-state index in [1.807, 2.05) is 16.3 Å². The second kappa shape index (κ2) is 9.68. The van der Waals surface area contributed by atoms with Gasteiger partial charge in [0.25, 0.3) is 11.8 Å². The van der Waals surface area contributed by atoms with Crippen molar-refractivity contribution in [1.29, 1.82) is 0 Å². The van der Waals surface area contributed by atoms with E-state index in [0.717, 1.165) is 24.0 Å². The highest BCUT2D eigenvalue weighted by molar-refractivity contribution is 7.12. The summed E-state index contributed by atoms with van der Waals surface area (Å²) in [5, 5.41) is 1.88. The van der Waals surface area contributed by atoms with Crippen molar-refractivity contribution in [3.63, 3.8) is 0 Å². The Morgan fingerprint density at radius 3 is 2.59 bits per heavy atom. The molecular weight excluding hydrogens is 457 g/mol. The summed E-state index contributed by atoms with van der Waals surface area (Å²) in [6.45, 7) is 5.03. The van der Waals surface area contributed by atoms with Gasteiger partial charge in [0.2, 0.25) is 5.76 Å². The van der Waals surface area contributed by atoms with Crippen LogP contribution in [0, 0.1) is 12.7 Å². The molecule has 1 aromatic carbocycles. The van der Waals surface area contributed by atoms with E-state index in [0.29, 0.717) is 55.9 Å². The van der Waals surface area contributed by atoms with E-state index in [2.05, 4.69) is 4.98 Å². The predicted molar refractivity (Wildman–Crippen MR) is 126 cm³/mol. The summed E-state index contributed by atoms with van der Waals surface area (Å²) in [5.74, 6) is 0.196. The minimum Gasteiger partial charge on any atom is -0.435 e. The maximum atomic E-state index is 13.4. The molecule has 3 aromatic rings. The molecule has 4 heterocycles. The molecule has 34 heavy (non-hydrogen) atoms. The Morgan fingerprint density at radius 1 is 1.06 bits per heavy atom. The molecule has 2 aromatic heterocycles. The van der Waals surface area contributed by atoms with E-state index in [1.165, 1.54) is 23.5 Å². The van der Waals surface area contributed by atoms with Gasteiger partial charge in [-0.25, -0.2) is 9.37 Å². The molecule has 0 spiro atoms. The fourth-order valence-electron chi connectivity index (χ4n) is 4.54. The van der Waals surface area contributed by atoms with E-state index >= 15 is 0 Å². The molecule has 0 radical (unpaired) electrons. The molecule has 5 rings (SSSR count). The van der Waals surface area contributed by atoms with Crippen LogP contribution >= 0.6 is 11.3 Å². The van der Waals surface area contributed by atoms with Gasteiger partial charge in [0, 0.05) is 31.7 Å². The number of likely N-dealkylation sites (tertiary alicyclic amines) is 1. The van der Waals surface area contributed by atoms with Crippen molar-refractivity contribution in [3.05, 3.63) is 63.8 Å². The zero-order chi connectivity index (χ0) is 23.7. The van der Waals surface area contributed by atoms with Gasteiger partial charge in [-0.3, -0.25) is 9.59 Å². The highest BCUT2D eigenvalue weighted by Gasteiger charge is 2.32. The third-order valence-electron chi connectivity index (χ3n) is 6.38. The summed E-state index contributed by atoms with van der Waals surface area (Å²) in [6, 6.07) is 8.08. The van der Waals surface area contributed by atoms with Gasteiger partial charge in [-0.15, -0.1) is 11.3 Å². The quantitative estimate of drug-likeness (QED) is 0.552. The first-order valence-corrected chi connectivity index (χ1v) is 12.4. The number of benzene rings is 1. The van der Waals surface area contributed by atoms with Crippen LogP contribution in [0.2, 0.25) is 0 Å². The third kappa shape index (κ3) is 4.50. The first-order chi connectivity index (χ1) is 16.5. The van der Waals surface area contributed by atoms with Gasteiger partial charge in [-0.2, -0.15) is 0 Å². The number of amides is 2. The number of aromatic nitrogens is 1. The number of carbonyl (C=O) groups is 2. The van der Waals surface area contributed by atoms with Crippen LogP contribution in [0.15, 0.2) is 40.1 Å². The standard InChI is InChI=1S/C25H26FN3O4S/c1-16-21(24(30)28-10-12-32-13-11-28)33-23(27-16)18-3-2-9-29(15-18)25(31)22-20(8-14-34-22)17-4-6-19(26)7-5-17/h4-8,14,18H,2-3,9-13,15H2,1H3. The largest absolute Gasteiger partial charge is 0.435 e.